The summed E-state index contributed by atoms with van der Waals surface area (Å²) in [5.41, 5.74) is 2.73. The Morgan fingerprint density at radius 2 is 1.71 bits per heavy atom. The number of aromatic nitrogens is 2. The van der Waals surface area contributed by atoms with Crippen LogP contribution >= 0.6 is 22.7 Å². The highest BCUT2D eigenvalue weighted by Crippen LogP contribution is 2.31. The van der Waals surface area contributed by atoms with Gasteiger partial charge in [0.1, 0.15) is 5.01 Å². The fourth-order valence-corrected chi connectivity index (χ4v) is 6.16. The molecule has 2 amide bonds. The molecule has 2 aliphatic heterocycles. The molecule has 7 nitrogen and oxygen atoms in total. The van der Waals surface area contributed by atoms with Gasteiger partial charge in [0, 0.05) is 68.0 Å². The van der Waals surface area contributed by atoms with Crippen molar-refractivity contribution in [3.8, 4) is 10.6 Å². The molecule has 4 aromatic rings. The van der Waals surface area contributed by atoms with Crippen molar-refractivity contribution in [1.29, 1.82) is 0 Å². The van der Waals surface area contributed by atoms with E-state index in [0.717, 1.165) is 47.0 Å². The van der Waals surface area contributed by atoms with Crippen LogP contribution in [0.1, 0.15) is 20.2 Å². The lowest BCUT2D eigenvalue weighted by molar-refractivity contribution is 0.00854. The van der Waals surface area contributed by atoms with E-state index in [4.69, 9.17) is 4.98 Å². The van der Waals surface area contributed by atoms with Crippen molar-refractivity contribution in [2.45, 2.75) is 6.04 Å². The molecule has 0 saturated carbocycles. The first-order valence-electron chi connectivity index (χ1n) is 11.3. The van der Waals surface area contributed by atoms with Crippen LogP contribution in [-0.4, -0.2) is 81.8 Å². The van der Waals surface area contributed by atoms with E-state index in [9.17, 15) is 9.59 Å². The standard InChI is InChI=1S/C25H23N5O2S2/c31-24(18-6-7-20-21(14-18)34-22(27-20)17-4-2-1-3-5-17)30-15-19(16-30)28-9-11-29(12-10-28)25(32)23-26-8-13-33-23/h1-8,13-14,19H,9-12,15-16H2. The van der Waals surface area contributed by atoms with Gasteiger partial charge in [-0.1, -0.05) is 30.3 Å². The molecular weight excluding hydrogens is 466 g/mol. The van der Waals surface area contributed by atoms with Crippen molar-refractivity contribution >= 4 is 44.7 Å². The quantitative estimate of drug-likeness (QED) is 0.437. The number of carbonyl (C=O) groups excluding carboxylic acids is 2. The molecule has 0 spiro atoms. The molecule has 6 rings (SSSR count). The van der Waals surface area contributed by atoms with Gasteiger partial charge in [-0.3, -0.25) is 14.5 Å². The van der Waals surface area contributed by atoms with Gasteiger partial charge in [-0.25, -0.2) is 9.97 Å². The monoisotopic (exact) mass is 489 g/mol. The zero-order valence-electron chi connectivity index (χ0n) is 18.5. The third-order valence-corrected chi connectivity index (χ3v) is 8.37. The van der Waals surface area contributed by atoms with Gasteiger partial charge in [0.25, 0.3) is 11.8 Å². The SMILES string of the molecule is O=C(c1ccc2nc(-c3ccccc3)sc2c1)N1CC(N2CCN(C(=O)c3nccs3)CC2)C1. The number of carbonyl (C=O) groups is 2. The van der Waals surface area contributed by atoms with Gasteiger partial charge < -0.3 is 9.80 Å². The molecule has 0 aliphatic carbocycles. The Balaban J connectivity index is 1.06. The Bertz CT molecular complexity index is 1320. The van der Waals surface area contributed by atoms with E-state index in [2.05, 4.69) is 22.0 Å². The lowest BCUT2D eigenvalue weighted by Crippen LogP contribution is -2.64. The normalized spacial score (nSPS) is 17.2. The van der Waals surface area contributed by atoms with Gasteiger partial charge in [0.2, 0.25) is 0 Å². The van der Waals surface area contributed by atoms with Crippen molar-refractivity contribution in [2.75, 3.05) is 39.3 Å². The number of rotatable bonds is 4. The minimum absolute atomic E-state index is 0.0222. The predicted molar refractivity (Wildman–Crippen MR) is 134 cm³/mol. The number of amides is 2. The second kappa shape index (κ2) is 8.90. The van der Waals surface area contributed by atoms with E-state index in [1.807, 2.05) is 51.6 Å². The summed E-state index contributed by atoms with van der Waals surface area (Å²) in [6, 6.07) is 16.3. The van der Waals surface area contributed by atoms with E-state index < -0.39 is 0 Å². The van der Waals surface area contributed by atoms with Crippen LogP contribution in [0.3, 0.4) is 0 Å². The van der Waals surface area contributed by atoms with Gasteiger partial charge in [-0.15, -0.1) is 22.7 Å². The summed E-state index contributed by atoms with van der Waals surface area (Å²) in [7, 11) is 0. The molecule has 0 bridgehead atoms. The number of likely N-dealkylation sites (tertiary alicyclic amines) is 1. The topological polar surface area (TPSA) is 69.6 Å². The number of hydrogen-bond acceptors (Lipinski definition) is 7. The van der Waals surface area contributed by atoms with Crippen molar-refractivity contribution in [3.63, 3.8) is 0 Å². The number of thiazole rings is 2. The van der Waals surface area contributed by atoms with Crippen molar-refractivity contribution in [2.24, 2.45) is 0 Å². The van der Waals surface area contributed by atoms with Crippen LogP contribution in [0.15, 0.2) is 60.1 Å². The maximum atomic E-state index is 13.1. The van der Waals surface area contributed by atoms with E-state index in [-0.39, 0.29) is 11.8 Å². The molecule has 2 aromatic carbocycles. The lowest BCUT2D eigenvalue weighted by Gasteiger charge is -2.48. The van der Waals surface area contributed by atoms with Crippen LogP contribution in [0.25, 0.3) is 20.8 Å². The molecule has 4 heterocycles. The van der Waals surface area contributed by atoms with E-state index in [1.165, 1.54) is 11.3 Å². The fourth-order valence-electron chi connectivity index (χ4n) is 4.55. The molecule has 0 N–H and O–H groups in total. The summed E-state index contributed by atoms with van der Waals surface area (Å²) in [5, 5.41) is 3.36. The van der Waals surface area contributed by atoms with Gasteiger partial charge in [-0.2, -0.15) is 0 Å². The third kappa shape index (κ3) is 4.00. The summed E-state index contributed by atoms with van der Waals surface area (Å²) in [4.78, 5) is 40.6. The minimum atomic E-state index is 0.0222. The zero-order chi connectivity index (χ0) is 23.1. The molecule has 2 aromatic heterocycles. The Hall–Kier alpha value is -3.14. The van der Waals surface area contributed by atoms with Crippen molar-refractivity contribution in [1.82, 2.24) is 24.7 Å². The van der Waals surface area contributed by atoms with Crippen molar-refractivity contribution < 1.29 is 9.59 Å². The summed E-state index contributed by atoms with van der Waals surface area (Å²) in [5.74, 6) is 0.0966. The van der Waals surface area contributed by atoms with Gasteiger partial charge >= 0.3 is 0 Å². The van der Waals surface area contributed by atoms with Crippen LogP contribution in [0.4, 0.5) is 0 Å². The first-order valence-corrected chi connectivity index (χ1v) is 13.0. The van der Waals surface area contributed by atoms with Crippen LogP contribution in [-0.2, 0) is 0 Å². The first kappa shape index (κ1) is 21.4. The highest BCUT2D eigenvalue weighted by atomic mass is 32.1. The number of benzene rings is 2. The molecule has 0 atom stereocenters. The fraction of sp³-hybridized carbons (Fsp3) is 0.280. The Morgan fingerprint density at radius 1 is 0.912 bits per heavy atom. The number of hydrogen-bond donors (Lipinski definition) is 0. The van der Waals surface area contributed by atoms with Crippen molar-refractivity contribution in [3.05, 3.63) is 70.7 Å². The molecule has 2 aliphatic rings. The molecular formula is C25H23N5O2S2. The number of nitrogens with zero attached hydrogens (tertiary/aromatic N) is 5. The summed E-state index contributed by atoms with van der Waals surface area (Å²) in [6.45, 7) is 4.53. The zero-order valence-corrected chi connectivity index (χ0v) is 20.1. The van der Waals surface area contributed by atoms with Gasteiger partial charge in [0.05, 0.1) is 10.2 Å². The maximum absolute atomic E-state index is 13.1. The Morgan fingerprint density at radius 3 is 2.44 bits per heavy atom. The molecule has 9 heteroatoms. The Kier molecular flexibility index (Phi) is 5.60. The molecule has 0 unspecified atom stereocenters. The second-order valence-electron chi connectivity index (χ2n) is 8.60. The van der Waals surface area contributed by atoms with Crippen LogP contribution in [0, 0.1) is 0 Å². The van der Waals surface area contributed by atoms with Gasteiger partial charge in [0.15, 0.2) is 5.01 Å². The van der Waals surface area contributed by atoms with E-state index in [1.54, 1.807) is 17.5 Å². The maximum Gasteiger partial charge on any atom is 0.282 e. The van der Waals surface area contributed by atoms with Crippen LogP contribution < -0.4 is 0 Å². The second-order valence-corrected chi connectivity index (χ2v) is 10.5. The largest absolute Gasteiger partial charge is 0.335 e. The molecule has 34 heavy (non-hydrogen) atoms. The minimum Gasteiger partial charge on any atom is -0.335 e. The molecule has 172 valence electrons. The number of piperazine rings is 1. The first-order chi connectivity index (χ1) is 16.7. The van der Waals surface area contributed by atoms with E-state index >= 15 is 0 Å². The number of fused-ring (bicyclic) bond motifs is 1. The van der Waals surface area contributed by atoms with E-state index in [0.29, 0.717) is 29.7 Å². The summed E-state index contributed by atoms with van der Waals surface area (Å²) >= 11 is 3.00. The van der Waals surface area contributed by atoms with Crippen LogP contribution in [0.5, 0.6) is 0 Å². The average molecular weight is 490 g/mol. The predicted octanol–water partition coefficient (Wildman–Crippen LogP) is 3.70. The van der Waals surface area contributed by atoms with Gasteiger partial charge in [-0.05, 0) is 18.2 Å². The highest BCUT2D eigenvalue weighted by molar-refractivity contribution is 7.21. The summed E-state index contributed by atoms with van der Waals surface area (Å²) in [6.07, 6.45) is 1.67. The lowest BCUT2D eigenvalue weighted by atomic mass is 10.0. The average Bonchev–Trinajstić information content (AvgIpc) is 3.53. The third-order valence-electron chi connectivity index (χ3n) is 6.54. The highest BCUT2D eigenvalue weighted by Gasteiger charge is 2.37. The molecule has 0 radical (unpaired) electrons. The Labute approximate surface area is 205 Å². The van der Waals surface area contributed by atoms with Crippen LogP contribution in [0.2, 0.25) is 0 Å². The smallest absolute Gasteiger partial charge is 0.282 e. The molecule has 2 saturated heterocycles. The summed E-state index contributed by atoms with van der Waals surface area (Å²) < 4.78 is 1.03. The molecule has 2 fully saturated rings.